The number of hydrogen-bond donors (Lipinski definition) is 0. The molecule has 1 aromatic heterocycles. The van der Waals surface area contributed by atoms with Gasteiger partial charge in [-0.05, 0) is 5.56 Å². The van der Waals surface area contributed by atoms with Gasteiger partial charge in [0, 0.05) is 5.41 Å². The van der Waals surface area contributed by atoms with E-state index in [0.29, 0.717) is 0 Å². The van der Waals surface area contributed by atoms with Crippen LogP contribution in [0.15, 0.2) is 42.7 Å². The number of aromatic nitrogens is 2. The molecule has 0 fully saturated rings. The fraction of sp³-hybridized carbons (Fsp3) is 0.312. The van der Waals surface area contributed by atoms with Crippen molar-refractivity contribution in [2.24, 2.45) is 5.41 Å². The van der Waals surface area contributed by atoms with E-state index < -0.39 is 5.97 Å². The normalized spacial score (nSPS) is 12.8. The number of ether oxygens (including phenoxy) is 1. The van der Waals surface area contributed by atoms with E-state index in [1.807, 2.05) is 51.1 Å². The first-order valence-corrected chi connectivity index (χ1v) is 6.99. The van der Waals surface area contributed by atoms with Crippen LogP contribution in [0.25, 0.3) is 0 Å². The predicted octanol–water partition coefficient (Wildman–Crippen LogP) is 4.07. The lowest BCUT2D eigenvalue weighted by molar-refractivity contribution is -0.00458. The maximum Gasteiger partial charge on any atom is 0.359 e. The van der Waals surface area contributed by atoms with E-state index in [0.717, 1.165) is 5.56 Å². The highest BCUT2D eigenvalue weighted by molar-refractivity contribution is 6.29. The number of carbonyl (C=O) groups excluding carboxylic acids is 1. The number of rotatable bonds is 3. The molecule has 5 heteroatoms. The van der Waals surface area contributed by atoms with E-state index in [2.05, 4.69) is 9.97 Å². The molecule has 1 heterocycles. The third-order valence-electron chi connectivity index (χ3n) is 2.94. The second-order valence-electron chi connectivity index (χ2n) is 5.79. The maximum absolute atomic E-state index is 12.2. The lowest BCUT2D eigenvalue weighted by atomic mass is 9.84. The smallest absolute Gasteiger partial charge is 0.359 e. The minimum Gasteiger partial charge on any atom is -0.452 e. The summed E-state index contributed by atoms with van der Waals surface area (Å²) in [6, 6.07) is 9.65. The Kier molecular flexibility index (Phi) is 4.58. The summed E-state index contributed by atoms with van der Waals surface area (Å²) in [5, 5.41) is 0.238. The first-order chi connectivity index (χ1) is 9.88. The Morgan fingerprint density at radius 2 is 1.81 bits per heavy atom. The van der Waals surface area contributed by atoms with Crippen LogP contribution in [0.1, 0.15) is 42.9 Å². The Hall–Kier alpha value is -1.94. The van der Waals surface area contributed by atoms with E-state index in [1.165, 1.54) is 12.4 Å². The minimum atomic E-state index is -0.511. The highest BCUT2D eigenvalue weighted by atomic mass is 35.5. The largest absolute Gasteiger partial charge is 0.452 e. The number of nitrogens with zero attached hydrogens (tertiary/aromatic N) is 2. The summed E-state index contributed by atoms with van der Waals surface area (Å²) in [6.45, 7) is 6.06. The Morgan fingerprint density at radius 3 is 2.33 bits per heavy atom. The lowest BCUT2D eigenvalue weighted by Gasteiger charge is -2.30. The van der Waals surface area contributed by atoms with Crippen molar-refractivity contribution in [2.45, 2.75) is 26.9 Å². The Morgan fingerprint density at radius 1 is 1.14 bits per heavy atom. The van der Waals surface area contributed by atoms with Crippen molar-refractivity contribution in [2.75, 3.05) is 0 Å². The van der Waals surface area contributed by atoms with Gasteiger partial charge in [0.1, 0.15) is 11.3 Å². The summed E-state index contributed by atoms with van der Waals surface area (Å²) in [5.41, 5.74) is 0.849. The van der Waals surface area contributed by atoms with Gasteiger partial charge in [0.05, 0.1) is 12.4 Å². The van der Waals surface area contributed by atoms with Crippen molar-refractivity contribution < 1.29 is 9.53 Å². The van der Waals surface area contributed by atoms with Gasteiger partial charge in [-0.1, -0.05) is 62.7 Å². The first kappa shape index (κ1) is 15.4. The van der Waals surface area contributed by atoms with Crippen LogP contribution in [0.2, 0.25) is 5.15 Å². The molecule has 0 N–H and O–H groups in total. The molecule has 2 aromatic rings. The molecule has 0 bridgehead atoms. The van der Waals surface area contributed by atoms with Crippen LogP contribution >= 0.6 is 11.6 Å². The molecular weight excluding hydrogens is 288 g/mol. The average molecular weight is 305 g/mol. The molecule has 4 nitrogen and oxygen atoms in total. The van der Waals surface area contributed by atoms with Gasteiger partial charge in [0.15, 0.2) is 5.69 Å². The molecule has 2 rings (SSSR count). The zero-order valence-electron chi connectivity index (χ0n) is 12.2. The number of hydrogen-bond acceptors (Lipinski definition) is 4. The van der Waals surface area contributed by atoms with Gasteiger partial charge in [0.25, 0.3) is 0 Å². The molecule has 0 radical (unpaired) electrons. The van der Waals surface area contributed by atoms with Crippen LogP contribution in [0, 0.1) is 5.41 Å². The average Bonchev–Trinajstić information content (AvgIpc) is 2.45. The van der Waals surface area contributed by atoms with Crippen LogP contribution in [-0.4, -0.2) is 15.9 Å². The van der Waals surface area contributed by atoms with Crippen LogP contribution in [0.3, 0.4) is 0 Å². The van der Waals surface area contributed by atoms with E-state index in [-0.39, 0.29) is 22.4 Å². The monoisotopic (exact) mass is 304 g/mol. The summed E-state index contributed by atoms with van der Waals surface area (Å²) in [6.07, 6.45) is 2.27. The predicted molar refractivity (Wildman–Crippen MR) is 81.1 cm³/mol. The van der Waals surface area contributed by atoms with Crippen LogP contribution in [-0.2, 0) is 4.74 Å². The van der Waals surface area contributed by atoms with E-state index in [4.69, 9.17) is 16.3 Å². The second-order valence-corrected chi connectivity index (χ2v) is 6.17. The second kappa shape index (κ2) is 6.22. The third-order valence-corrected chi connectivity index (χ3v) is 3.14. The Balaban J connectivity index is 2.24. The summed E-state index contributed by atoms with van der Waals surface area (Å²) >= 11 is 5.66. The van der Waals surface area contributed by atoms with Gasteiger partial charge in [-0.2, -0.15) is 0 Å². The van der Waals surface area contributed by atoms with Crippen molar-refractivity contribution in [3.8, 4) is 0 Å². The van der Waals surface area contributed by atoms with Crippen LogP contribution in [0.4, 0.5) is 0 Å². The van der Waals surface area contributed by atoms with E-state index in [9.17, 15) is 4.79 Å². The molecule has 0 aliphatic carbocycles. The summed E-state index contributed by atoms with van der Waals surface area (Å²) in [5.74, 6) is -0.511. The van der Waals surface area contributed by atoms with Gasteiger partial charge in [-0.25, -0.2) is 14.8 Å². The van der Waals surface area contributed by atoms with E-state index >= 15 is 0 Å². The molecular formula is C16H17ClN2O2. The van der Waals surface area contributed by atoms with Crippen LogP contribution in [0.5, 0.6) is 0 Å². The number of benzene rings is 1. The number of carbonyl (C=O) groups is 1. The molecule has 0 aliphatic rings. The number of halogens is 1. The molecule has 0 unspecified atom stereocenters. The van der Waals surface area contributed by atoms with Gasteiger partial charge in [-0.3, -0.25) is 0 Å². The summed E-state index contributed by atoms with van der Waals surface area (Å²) in [4.78, 5) is 20.0. The fourth-order valence-electron chi connectivity index (χ4n) is 1.96. The van der Waals surface area contributed by atoms with Gasteiger partial charge in [0.2, 0.25) is 0 Å². The molecule has 0 saturated carbocycles. The minimum absolute atomic E-state index is 0.143. The van der Waals surface area contributed by atoms with Crippen molar-refractivity contribution >= 4 is 17.6 Å². The van der Waals surface area contributed by atoms with Crippen molar-refractivity contribution in [1.29, 1.82) is 0 Å². The first-order valence-electron chi connectivity index (χ1n) is 6.61. The Labute approximate surface area is 129 Å². The molecule has 110 valence electrons. The molecule has 1 aromatic carbocycles. The summed E-state index contributed by atoms with van der Waals surface area (Å²) in [7, 11) is 0. The molecule has 0 spiro atoms. The van der Waals surface area contributed by atoms with Crippen molar-refractivity contribution in [3.63, 3.8) is 0 Å². The lowest BCUT2D eigenvalue weighted by Crippen LogP contribution is -2.24. The van der Waals surface area contributed by atoms with Crippen LogP contribution < -0.4 is 0 Å². The fourth-order valence-corrected chi connectivity index (χ4v) is 2.06. The highest BCUT2D eigenvalue weighted by Gasteiger charge is 2.30. The Bertz CT molecular complexity index is 606. The van der Waals surface area contributed by atoms with Gasteiger partial charge < -0.3 is 4.74 Å². The van der Waals surface area contributed by atoms with E-state index in [1.54, 1.807) is 0 Å². The van der Waals surface area contributed by atoms with Crippen molar-refractivity contribution in [3.05, 3.63) is 59.1 Å². The van der Waals surface area contributed by atoms with Gasteiger partial charge in [-0.15, -0.1) is 0 Å². The summed E-state index contributed by atoms with van der Waals surface area (Å²) < 4.78 is 5.64. The molecule has 0 aliphatic heterocycles. The molecule has 0 amide bonds. The molecule has 21 heavy (non-hydrogen) atoms. The van der Waals surface area contributed by atoms with Crippen molar-refractivity contribution in [1.82, 2.24) is 9.97 Å². The van der Waals surface area contributed by atoms with Gasteiger partial charge >= 0.3 is 5.97 Å². The zero-order chi connectivity index (χ0) is 15.5. The third kappa shape index (κ3) is 4.02. The standard InChI is InChI=1S/C16H17ClN2O2/c1-16(2,3)14(11-7-5-4-6-8-11)21-15(20)12-9-19-13(17)10-18-12/h4-10,14H,1-3H3/t14-/m1/s1. The topological polar surface area (TPSA) is 52.1 Å². The maximum atomic E-state index is 12.2. The SMILES string of the molecule is CC(C)(C)[C@H](OC(=O)c1cnc(Cl)cn1)c1ccccc1. The zero-order valence-corrected chi connectivity index (χ0v) is 13.0. The quantitative estimate of drug-likeness (QED) is 0.802. The number of esters is 1. The molecule has 0 saturated heterocycles. The highest BCUT2D eigenvalue weighted by Crippen LogP contribution is 2.36. The molecule has 1 atom stereocenters.